The molecule has 1 atom stereocenters. The molecule has 0 heterocycles. The van der Waals surface area contributed by atoms with Gasteiger partial charge in [0.25, 0.3) is 5.91 Å². The van der Waals surface area contributed by atoms with Gasteiger partial charge in [-0.15, -0.1) is 0 Å². The third kappa shape index (κ3) is 4.22. The van der Waals surface area contributed by atoms with Crippen molar-refractivity contribution >= 4 is 11.9 Å². The maximum absolute atomic E-state index is 12.4. The van der Waals surface area contributed by atoms with Gasteiger partial charge < -0.3 is 15.2 Å². The van der Waals surface area contributed by atoms with Gasteiger partial charge in [-0.25, -0.2) is 0 Å². The molecule has 0 bridgehead atoms. The summed E-state index contributed by atoms with van der Waals surface area (Å²) in [6.07, 6.45) is 2.23. The van der Waals surface area contributed by atoms with E-state index in [1.54, 1.807) is 31.2 Å². The number of carboxylic acid groups (broad SMARTS) is 1. The van der Waals surface area contributed by atoms with Crippen LogP contribution in [0.5, 0.6) is 5.75 Å². The lowest BCUT2D eigenvalue weighted by Gasteiger charge is -2.30. The smallest absolute Gasteiger partial charge is 0.305 e. The number of nitrogens with one attached hydrogen (secondary N) is 1. The Morgan fingerprint density at radius 1 is 1.39 bits per heavy atom. The Balaban J connectivity index is 2.04. The summed E-state index contributed by atoms with van der Waals surface area (Å²) in [5.74, 6) is -0.937. The van der Waals surface area contributed by atoms with E-state index in [0.717, 1.165) is 12.8 Å². The number of hydrogen-bond acceptors (Lipinski definition) is 4. The van der Waals surface area contributed by atoms with Gasteiger partial charge in [0.1, 0.15) is 11.8 Å². The van der Waals surface area contributed by atoms with E-state index >= 15 is 0 Å². The van der Waals surface area contributed by atoms with Crippen molar-refractivity contribution in [2.24, 2.45) is 0 Å². The zero-order valence-corrected chi connectivity index (χ0v) is 13.0. The Labute approximate surface area is 135 Å². The van der Waals surface area contributed by atoms with E-state index in [9.17, 15) is 9.59 Å². The fraction of sp³-hybridized carbons (Fsp3) is 0.471. The maximum atomic E-state index is 12.4. The zero-order valence-electron chi connectivity index (χ0n) is 13.0. The summed E-state index contributed by atoms with van der Waals surface area (Å²) in [7, 11) is 0. The lowest BCUT2D eigenvalue weighted by molar-refractivity contribution is -0.139. The predicted molar refractivity (Wildman–Crippen MR) is 82.8 cm³/mol. The molecule has 0 aromatic heterocycles. The van der Waals surface area contributed by atoms with Gasteiger partial charge in [-0.3, -0.25) is 9.59 Å². The highest BCUT2D eigenvalue weighted by Crippen LogP contribution is 2.33. The molecule has 122 valence electrons. The Morgan fingerprint density at radius 3 is 2.65 bits per heavy atom. The van der Waals surface area contributed by atoms with Crippen LogP contribution >= 0.6 is 0 Å². The molecule has 1 amide bonds. The second kappa shape index (κ2) is 7.14. The number of hydrogen-bond donors (Lipinski definition) is 2. The number of carboxylic acids is 1. The van der Waals surface area contributed by atoms with E-state index < -0.39 is 17.6 Å². The van der Waals surface area contributed by atoms with Crippen molar-refractivity contribution in [2.45, 2.75) is 50.7 Å². The molecule has 23 heavy (non-hydrogen) atoms. The average molecular weight is 316 g/mol. The molecule has 1 aromatic rings. The second-order valence-electron chi connectivity index (χ2n) is 5.92. The van der Waals surface area contributed by atoms with Gasteiger partial charge in [0.05, 0.1) is 17.5 Å². The van der Waals surface area contributed by atoms with Gasteiger partial charge in [-0.05, 0) is 31.9 Å². The summed E-state index contributed by atoms with van der Waals surface area (Å²) < 4.78 is 5.58. The average Bonchev–Trinajstić information content (AvgIpc) is 2.94. The maximum Gasteiger partial charge on any atom is 0.305 e. The Bertz CT molecular complexity index is 630. The van der Waals surface area contributed by atoms with E-state index in [1.807, 2.05) is 6.07 Å². The molecule has 2 rings (SSSR count). The monoisotopic (exact) mass is 316 g/mol. The number of rotatable bonds is 6. The van der Waals surface area contributed by atoms with Crippen molar-refractivity contribution in [1.82, 2.24) is 5.32 Å². The minimum absolute atomic E-state index is 0.0831. The van der Waals surface area contributed by atoms with Gasteiger partial charge in [-0.1, -0.05) is 25.0 Å². The normalized spacial score (nSPS) is 17.0. The third-order valence-electron chi connectivity index (χ3n) is 4.12. The Morgan fingerprint density at radius 2 is 2.04 bits per heavy atom. The summed E-state index contributed by atoms with van der Waals surface area (Å²) in [6.45, 7) is 1.59. The number of nitrogens with zero attached hydrogens (tertiary/aromatic N) is 1. The van der Waals surface area contributed by atoms with Gasteiger partial charge in [0.15, 0.2) is 6.10 Å². The van der Waals surface area contributed by atoms with Gasteiger partial charge >= 0.3 is 5.97 Å². The number of aliphatic carboxylic acids is 1. The highest BCUT2D eigenvalue weighted by atomic mass is 16.5. The lowest BCUT2D eigenvalue weighted by Crippen LogP contribution is -2.51. The Hall–Kier alpha value is -2.55. The van der Waals surface area contributed by atoms with Crippen molar-refractivity contribution in [2.75, 3.05) is 0 Å². The van der Waals surface area contributed by atoms with Gasteiger partial charge in [-0.2, -0.15) is 5.26 Å². The largest absolute Gasteiger partial charge is 0.481 e. The quantitative estimate of drug-likeness (QED) is 0.838. The molecular formula is C17H20N2O4. The number of para-hydroxylation sites is 1. The SMILES string of the molecule is CC(Oc1ccccc1C#N)C(=O)NC1(CC(=O)O)CCCC1. The number of benzene rings is 1. The van der Waals surface area contributed by atoms with Crippen LogP contribution in [-0.4, -0.2) is 28.6 Å². The minimum atomic E-state index is -0.921. The molecule has 1 aliphatic carbocycles. The van der Waals surface area contributed by atoms with Gasteiger partial charge in [0, 0.05) is 0 Å². The number of nitriles is 1. The number of carbonyl (C=O) groups excluding carboxylic acids is 1. The highest BCUT2D eigenvalue weighted by Gasteiger charge is 2.38. The van der Waals surface area contributed by atoms with Crippen LogP contribution in [0.1, 0.15) is 44.6 Å². The van der Waals surface area contributed by atoms with Crippen LogP contribution in [0, 0.1) is 11.3 Å². The lowest BCUT2D eigenvalue weighted by atomic mass is 9.93. The van der Waals surface area contributed by atoms with Gasteiger partial charge in [0.2, 0.25) is 0 Å². The molecule has 6 heteroatoms. The summed E-state index contributed by atoms with van der Waals surface area (Å²) in [4.78, 5) is 23.4. The van der Waals surface area contributed by atoms with Crippen molar-refractivity contribution in [1.29, 1.82) is 5.26 Å². The molecule has 1 aliphatic rings. The molecule has 1 unspecified atom stereocenters. The molecule has 1 aromatic carbocycles. The molecule has 0 saturated heterocycles. The number of amides is 1. The molecule has 2 N–H and O–H groups in total. The van der Waals surface area contributed by atoms with Crippen molar-refractivity contribution < 1.29 is 19.4 Å². The topological polar surface area (TPSA) is 99.4 Å². The van der Waals surface area contributed by atoms with Crippen LogP contribution in [0.25, 0.3) is 0 Å². The van der Waals surface area contributed by atoms with Crippen LogP contribution in [0.4, 0.5) is 0 Å². The van der Waals surface area contributed by atoms with Crippen LogP contribution in [0.15, 0.2) is 24.3 Å². The number of carbonyl (C=O) groups is 2. The fourth-order valence-electron chi connectivity index (χ4n) is 2.96. The van der Waals surface area contributed by atoms with Crippen molar-refractivity contribution in [3.05, 3.63) is 29.8 Å². The first kappa shape index (κ1) is 16.8. The van der Waals surface area contributed by atoms with Crippen LogP contribution in [0.3, 0.4) is 0 Å². The molecule has 0 radical (unpaired) electrons. The van der Waals surface area contributed by atoms with E-state index in [-0.39, 0.29) is 12.3 Å². The van der Waals surface area contributed by atoms with Crippen LogP contribution in [0.2, 0.25) is 0 Å². The molecule has 0 aliphatic heterocycles. The van der Waals surface area contributed by atoms with Crippen LogP contribution in [-0.2, 0) is 9.59 Å². The van der Waals surface area contributed by atoms with E-state index in [4.69, 9.17) is 15.1 Å². The first-order valence-corrected chi connectivity index (χ1v) is 7.65. The number of ether oxygens (including phenoxy) is 1. The van der Waals surface area contributed by atoms with E-state index in [0.29, 0.717) is 24.2 Å². The summed E-state index contributed by atoms with van der Waals surface area (Å²) in [6, 6.07) is 8.70. The molecule has 1 saturated carbocycles. The first-order valence-electron chi connectivity index (χ1n) is 7.65. The summed E-state index contributed by atoms with van der Waals surface area (Å²) in [5.41, 5.74) is -0.330. The standard InChI is InChI=1S/C17H20N2O4/c1-12(23-14-7-3-2-6-13(14)11-18)16(22)19-17(10-15(20)21)8-4-5-9-17/h2-3,6-7,12H,4-5,8-10H2,1H3,(H,19,22)(H,20,21). The zero-order chi connectivity index (χ0) is 16.9. The second-order valence-corrected chi connectivity index (χ2v) is 5.92. The summed E-state index contributed by atoms with van der Waals surface area (Å²) >= 11 is 0. The molecule has 1 fully saturated rings. The minimum Gasteiger partial charge on any atom is -0.481 e. The first-order chi connectivity index (χ1) is 11.0. The fourth-order valence-corrected chi connectivity index (χ4v) is 2.96. The Kier molecular flexibility index (Phi) is 5.22. The van der Waals surface area contributed by atoms with Crippen LogP contribution < -0.4 is 10.1 Å². The third-order valence-corrected chi connectivity index (χ3v) is 4.12. The highest BCUT2D eigenvalue weighted by molar-refractivity contribution is 5.82. The summed E-state index contributed by atoms with van der Waals surface area (Å²) in [5, 5.41) is 21.0. The van der Waals surface area contributed by atoms with E-state index in [1.165, 1.54) is 0 Å². The van der Waals surface area contributed by atoms with Crippen molar-refractivity contribution in [3.8, 4) is 11.8 Å². The predicted octanol–water partition coefficient (Wildman–Crippen LogP) is 2.23. The molecule has 6 nitrogen and oxygen atoms in total. The molecule has 0 spiro atoms. The van der Waals surface area contributed by atoms with Crippen molar-refractivity contribution in [3.63, 3.8) is 0 Å². The molecular weight excluding hydrogens is 296 g/mol. The van der Waals surface area contributed by atoms with E-state index in [2.05, 4.69) is 5.32 Å².